The Morgan fingerprint density at radius 3 is 2.85 bits per heavy atom. The van der Waals surface area contributed by atoms with Crippen molar-refractivity contribution in [3.05, 3.63) is 45.9 Å². The Morgan fingerprint density at radius 2 is 2.15 bits per heavy atom. The Morgan fingerprint density at radius 1 is 1.40 bits per heavy atom. The molecule has 1 amide bonds. The number of rotatable bonds is 5. The van der Waals surface area contributed by atoms with Crippen LogP contribution in [0.1, 0.15) is 30.7 Å². The number of benzene rings is 1. The van der Waals surface area contributed by atoms with Crippen LogP contribution in [-0.2, 0) is 11.2 Å². The summed E-state index contributed by atoms with van der Waals surface area (Å²) in [6.45, 7) is 4.04. The molecular formula is C15H17ClN2OS. The molecule has 0 spiro atoms. The summed E-state index contributed by atoms with van der Waals surface area (Å²) in [4.78, 5) is 17.0. The van der Waals surface area contributed by atoms with E-state index in [-0.39, 0.29) is 5.91 Å². The van der Waals surface area contributed by atoms with E-state index in [0.717, 1.165) is 21.9 Å². The molecule has 1 N–H and O–H groups in total. The van der Waals surface area contributed by atoms with Crippen molar-refractivity contribution in [3.8, 4) is 0 Å². The highest BCUT2D eigenvalue weighted by Gasteiger charge is 2.09. The predicted octanol–water partition coefficient (Wildman–Crippen LogP) is 4.37. The van der Waals surface area contributed by atoms with Crippen LogP contribution in [0.15, 0.2) is 30.5 Å². The molecule has 1 aromatic heterocycles. The summed E-state index contributed by atoms with van der Waals surface area (Å²) in [6, 6.07) is 7.76. The Hall–Kier alpha value is -1.39. The van der Waals surface area contributed by atoms with E-state index in [1.165, 1.54) is 11.3 Å². The van der Waals surface area contributed by atoms with Crippen molar-refractivity contribution in [3.63, 3.8) is 0 Å². The molecule has 2 rings (SSSR count). The second-order valence-corrected chi connectivity index (χ2v) is 6.57. The van der Waals surface area contributed by atoms with Gasteiger partial charge in [0.15, 0.2) is 5.13 Å². The van der Waals surface area contributed by atoms with Gasteiger partial charge in [0.2, 0.25) is 5.91 Å². The first-order chi connectivity index (χ1) is 9.54. The minimum Gasteiger partial charge on any atom is -0.302 e. The number of anilines is 1. The van der Waals surface area contributed by atoms with Crippen LogP contribution in [0.5, 0.6) is 0 Å². The van der Waals surface area contributed by atoms with Crippen LogP contribution in [-0.4, -0.2) is 10.9 Å². The van der Waals surface area contributed by atoms with Gasteiger partial charge in [-0.3, -0.25) is 4.79 Å². The first kappa shape index (κ1) is 15.0. The third-order valence-corrected chi connectivity index (χ3v) is 4.00. The number of hydrogen-bond acceptors (Lipinski definition) is 3. The van der Waals surface area contributed by atoms with Crippen molar-refractivity contribution in [2.24, 2.45) is 5.92 Å². The number of halogens is 1. The van der Waals surface area contributed by atoms with E-state index in [0.29, 0.717) is 17.5 Å². The van der Waals surface area contributed by atoms with Crippen molar-refractivity contribution < 1.29 is 4.79 Å². The van der Waals surface area contributed by atoms with Gasteiger partial charge in [0, 0.05) is 28.9 Å². The fourth-order valence-electron chi connectivity index (χ4n) is 1.82. The van der Waals surface area contributed by atoms with E-state index in [9.17, 15) is 4.79 Å². The highest BCUT2D eigenvalue weighted by atomic mass is 35.5. The molecule has 5 heteroatoms. The van der Waals surface area contributed by atoms with Gasteiger partial charge in [-0.1, -0.05) is 43.6 Å². The minimum atomic E-state index is 0.0126. The molecule has 0 aliphatic carbocycles. The van der Waals surface area contributed by atoms with Crippen LogP contribution in [0.4, 0.5) is 5.13 Å². The number of hydrogen-bond donors (Lipinski definition) is 1. The average molecular weight is 309 g/mol. The molecule has 0 bridgehead atoms. The summed E-state index contributed by atoms with van der Waals surface area (Å²) < 4.78 is 0. The molecule has 0 radical (unpaired) electrons. The summed E-state index contributed by atoms with van der Waals surface area (Å²) in [6.07, 6.45) is 3.04. The van der Waals surface area contributed by atoms with E-state index in [1.54, 1.807) is 6.20 Å². The van der Waals surface area contributed by atoms with Crippen LogP contribution in [0, 0.1) is 5.92 Å². The number of aromatic nitrogens is 1. The molecule has 0 atom stereocenters. The molecule has 0 saturated heterocycles. The fraction of sp³-hybridized carbons (Fsp3) is 0.333. The van der Waals surface area contributed by atoms with E-state index in [2.05, 4.69) is 10.3 Å². The lowest BCUT2D eigenvalue weighted by atomic mass is 10.1. The maximum atomic E-state index is 11.7. The van der Waals surface area contributed by atoms with E-state index in [4.69, 9.17) is 11.6 Å². The van der Waals surface area contributed by atoms with Gasteiger partial charge in [0.05, 0.1) is 0 Å². The number of thiazole rings is 1. The first-order valence-corrected chi connectivity index (χ1v) is 7.72. The third kappa shape index (κ3) is 4.32. The molecule has 3 nitrogen and oxygen atoms in total. The minimum absolute atomic E-state index is 0.0126. The topological polar surface area (TPSA) is 42.0 Å². The highest BCUT2D eigenvalue weighted by Crippen LogP contribution is 2.24. The molecule has 2 aromatic rings. The zero-order chi connectivity index (χ0) is 14.5. The Bertz CT molecular complexity index is 595. The maximum Gasteiger partial charge on any atom is 0.226 e. The molecule has 0 unspecified atom stereocenters. The zero-order valence-electron chi connectivity index (χ0n) is 11.5. The van der Waals surface area contributed by atoms with Crippen LogP contribution in [0.25, 0.3) is 0 Å². The summed E-state index contributed by atoms with van der Waals surface area (Å²) in [5.41, 5.74) is 1.07. The van der Waals surface area contributed by atoms with Gasteiger partial charge in [0.1, 0.15) is 0 Å². The van der Waals surface area contributed by atoms with E-state index < -0.39 is 0 Å². The quantitative estimate of drug-likeness (QED) is 0.891. The third-order valence-electron chi connectivity index (χ3n) is 2.72. The number of nitrogens with zero attached hydrogens (tertiary/aromatic N) is 1. The predicted molar refractivity (Wildman–Crippen MR) is 84.5 cm³/mol. The number of carbonyl (C=O) groups is 1. The maximum absolute atomic E-state index is 11.7. The molecule has 106 valence electrons. The Balaban J connectivity index is 1.99. The lowest BCUT2D eigenvalue weighted by Gasteiger charge is -2.03. The fourth-order valence-corrected chi connectivity index (χ4v) is 2.87. The largest absolute Gasteiger partial charge is 0.302 e. The molecule has 0 aliphatic heterocycles. The van der Waals surface area contributed by atoms with Crippen molar-refractivity contribution in [2.75, 3.05) is 5.32 Å². The standard InChI is InChI=1S/C15H17ClN2OS/c1-10(2)7-14(19)18-15-17-9-12(20-15)8-11-5-3-4-6-13(11)16/h3-6,9-10H,7-8H2,1-2H3,(H,17,18,19). The molecule has 0 saturated carbocycles. The normalized spacial score (nSPS) is 10.8. The SMILES string of the molecule is CC(C)CC(=O)Nc1ncc(Cc2ccccc2Cl)s1. The van der Waals surface area contributed by atoms with Gasteiger partial charge in [-0.15, -0.1) is 11.3 Å². The molecular weight excluding hydrogens is 292 g/mol. The lowest BCUT2D eigenvalue weighted by Crippen LogP contribution is -2.13. The molecule has 1 heterocycles. The molecule has 1 aromatic carbocycles. The molecule has 0 aliphatic rings. The second kappa shape index (κ2) is 6.86. The van der Waals surface area contributed by atoms with Gasteiger partial charge in [-0.05, 0) is 17.5 Å². The monoisotopic (exact) mass is 308 g/mol. The number of amides is 1. The van der Waals surface area contributed by atoms with Crippen LogP contribution in [0.2, 0.25) is 5.02 Å². The molecule has 0 fully saturated rings. The van der Waals surface area contributed by atoms with Crippen LogP contribution >= 0.6 is 22.9 Å². The Kier molecular flexibility index (Phi) is 5.15. The molecule has 20 heavy (non-hydrogen) atoms. The van der Waals surface area contributed by atoms with Crippen LogP contribution < -0.4 is 5.32 Å². The zero-order valence-corrected chi connectivity index (χ0v) is 13.1. The van der Waals surface area contributed by atoms with Crippen LogP contribution in [0.3, 0.4) is 0 Å². The van der Waals surface area contributed by atoms with Crippen molar-refractivity contribution >= 4 is 34.0 Å². The highest BCUT2D eigenvalue weighted by molar-refractivity contribution is 7.15. The average Bonchev–Trinajstić information content (AvgIpc) is 2.78. The summed E-state index contributed by atoms with van der Waals surface area (Å²) in [5.74, 6) is 0.358. The first-order valence-electron chi connectivity index (χ1n) is 6.52. The number of nitrogens with one attached hydrogen (secondary N) is 1. The van der Waals surface area contributed by atoms with Gasteiger partial charge in [0.25, 0.3) is 0 Å². The van der Waals surface area contributed by atoms with E-state index >= 15 is 0 Å². The van der Waals surface area contributed by atoms with Crippen molar-refractivity contribution in [1.29, 1.82) is 0 Å². The second-order valence-electron chi connectivity index (χ2n) is 5.05. The summed E-state index contributed by atoms with van der Waals surface area (Å²) in [5, 5.41) is 4.24. The van der Waals surface area contributed by atoms with Crippen molar-refractivity contribution in [1.82, 2.24) is 4.98 Å². The van der Waals surface area contributed by atoms with Crippen molar-refractivity contribution in [2.45, 2.75) is 26.7 Å². The lowest BCUT2D eigenvalue weighted by molar-refractivity contribution is -0.116. The smallest absolute Gasteiger partial charge is 0.226 e. The Labute approximate surface area is 128 Å². The number of carbonyl (C=O) groups excluding carboxylic acids is 1. The van der Waals surface area contributed by atoms with Gasteiger partial charge in [-0.2, -0.15) is 0 Å². The van der Waals surface area contributed by atoms with Gasteiger partial charge < -0.3 is 5.32 Å². The summed E-state index contributed by atoms with van der Waals surface area (Å²) >= 11 is 7.63. The van der Waals surface area contributed by atoms with Gasteiger partial charge >= 0.3 is 0 Å². The summed E-state index contributed by atoms with van der Waals surface area (Å²) in [7, 11) is 0. The van der Waals surface area contributed by atoms with Gasteiger partial charge in [-0.25, -0.2) is 4.98 Å². The van der Waals surface area contributed by atoms with E-state index in [1.807, 2.05) is 38.1 Å².